The lowest BCUT2D eigenvalue weighted by Crippen LogP contribution is -2.33. The highest BCUT2D eigenvalue weighted by Crippen LogP contribution is 2.23. The number of anilines is 1. The van der Waals surface area contributed by atoms with Crippen molar-refractivity contribution in [3.8, 4) is 12.3 Å². The van der Waals surface area contributed by atoms with Gasteiger partial charge in [-0.3, -0.25) is 14.5 Å². The van der Waals surface area contributed by atoms with Gasteiger partial charge in [-0.1, -0.05) is 5.92 Å². The molecule has 1 unspecified atom stereocenters. The number of carbonyl (C=O) groups excluding carboxylic acids is 1. The van der Waals surface area contributed by atoms with Gasteiger partial charge in [-0.2, -0.15) is 0 Å². The van der Waals surface area contributed by atoms with Crippen molar-refractivity contribution < 1.29 is 4.79 Å². The van der Waals surface area contributed by atoms with Crippen molar-refractivity contribution in [1.82, 2.24) is 9.55 Å². The standard InChI is InChI=1S/C12H13N3O2/c1-4-8-5-6-9-10(15(3)11(8)16)13-7-14(2)12(9)17/h1,7-8H,5-6H2,2-3H3. The highest BCUT2D eigenvalue weighted by Gasteiger charge is 2.29. The van der Waals surface area contributed by atoms with Crippen molar-refractivity contribution in [2.24, 2.45) is 13.0 Å². The third-order valence-corrected chi connectivity index (χ3v) is 3.03. The van der Waals surface area contributed by atoms with Crippen LogP contribution in [0.5, 0.6) is 0 Å². The number of fused-ring (bicyclic) bond motifs is 1. The Labute approximate surface area is 99.1 Å². The first-order valence-corrected chi connectivity index (χ1v) is 5.34. The minimum Gasteiger partial charge on any atom is -0.302 e. The van der Waals surface area contributed by atoms with Crippen molar-refractivity contribution in [2.45, 2.75) is 12.8 Å². The molecule has 0 spiro atoms. The van der Waals surface area contributed by atoms with Crippen LogP contribution < -0.4 is 10.5 Å². The molecule has 1 aliphatic heterocycles. The first kappa shape index (κ1) is 11.4. The smallest absolute Gasteiger partial charge is 0.258 e. The summed E-state index contributed by atoms with van der Waals surface area (Å²) in [6.07, 6.45) is 7.73. The van der Waals surface area contributed by atoms with E-state index in [9.17, 15) is 9.59 Å². The summed E-state index contributed by atoms with van der Waals surface area (Å²) in [6, 6.07) is 0. The highest BCUT2D eigenvalue weighted by molar-refractivity contribution is 5.96. The van der Waals surface area contributed by atoms with Crippen molar-refractivity contribution in [2.75, 3.05) is 11.9 Å². The van der Waals surface area contributed by atoms with Crippen molar-refractivity contribution in [1.29, 1.82) is 0 Å². The molecule has 2 heterocycles. The molecule has 1 aromatic rings. The van der Waals surface area contributed by atoms with E-state index in [4.69, 9.17) is 6.42 Å². The monoisotopic (exact) mass is 231 g/mol. The number of hydrogen-bond acceptors (Lipinski definition) is 3. The van der Waals surface area contributed by atoms with Crippen LogP contribution >= 0.6 is 0 Å². The number of hydrogen-bond donors (Lipinski definition) is 0. The molecule has 1 aromatic heterocycles. The zero-order valence-electron chi connectivity index (χ0n) is 9.80. The molecule has 5 heteroatoms. The maximum atomic E-state index is 12.0. The summed E-state index contributed by atoms with van der Waals surface area (Å²) in [7, 11) is 3.24. The fraction of sp³-hybridized carbons (Fsp3) is 0.417. The van der Waals surface area contributed by atoms with Crippen molar-refractivity contribution >= 4 is 11.7 Å². The SMILES string of the molecule is C#CC1CCc2c(ncn(C)c2=O)N(C)C1=O. The molecule has 0 aromatic carbocycles. The molecule has 1 amide bonds. The van der Waals surface area contributed by atoms with Crippen LogP contribution in [0, 0.1) is 18.3 Å². The van der Waals surface area contributed by atoms with Gasteiger partial charge in [-0.25, -0.2) is 4.98 Å². The van der Waals surface area contributed by atoms with E-state index >= 15 is 0 Å². The fourth-order valence-electron chi connectivity index (χ4n) is 1.99. The number of aromatic nitrogens is 2. The van der Waals surface area contributed by atoms with Crippen LogP contribution in [0.1, 0.15) is 12.0 Å². The Bertz CT molecular complexity index is 568. The summed E-state index contributed by atoms with van der Waals surface area (Å²) in [4.78, 5) is 29.4. The molecule has 0 saturated carbocycles. The van der Waals surface area contributed by atoms with Crippen LogP contribution in [0.25, 0.3) is 0 Å². The van der Waals surface area contributed by atoms with Crippen LogP contribution in [0.15, 0.2) is 11.1 Å². The number of aryl methyl sites for hydroxylation is 1. The second-order valence-corrected chi connectivity index (χ2v) is 4.12. The van der Waals surface area contributed by atoms with Gasteiger partial charge in [-0.05, 0) is 12.8 Å². The molecule has 1 aliphatic rings. The van der Waals surface area contributed by atoms with E-state index in [0.717, 1.165) is 0 Å². The Hall–Kier alpha value is -2.09. The minimum atomic E-state index is -0.473. The molecule has 17 heavy (non-hydrogen) atoms. The van der Waals surface area contributed by atoms with Crippen LogP contribution in [0.3, 0.4) is 0 Å². The molecule has 1 atom stereocenters. The topological polar surface area (TPSA) is 55.2 Å². The van der Waals surface area contributed by atoms with Gasteiger partial charge < -0.3 is 4.57 Å². The van der Waals surface area contributed by atoms with Gasteiger partial charge in [-0.15, -0.1) is 6.42 Å². The second kappa shape index (κ2) is 4.06. The van der Waals surface area contributed by atoms with Gasteiger partial charge in [0, 0.05) is 14.1 Å². The maximum absolute atomic E-state index is 12.0. The van der Waals surface area contributed by atoms with Crippen molar-refractivity contribution in [3.63, 3.8) is 0 Å². The molecular weight excluding hydrogens is 218 g/mol. The van der Waals surface area contributed by atoms with Crippen LogP contribution in [-0.4, -0.2) is 22.5 Å². The quantitative estimate of drug-likeness (QED) is 0.588. The van der Waals surface area contributed by atoms with Crippen LogP contribution in [0.4, 0.5) is 5.82 Å². The largest absolute Gasteiger partial charge is 0.302 e. The van der Waals surface area contributed by atoms with Crippen molar-refractivity contribution in [3.05, 3.63) is 22.2 Å². The van der Waals surface area contributed by atoms with Gasteiger partial charge in [0.1, 0.15) is 5.82 Å². The molecule has 0 bridgehead atoms. The Morgan fingerprint density at radius 1 is 1.47 bits per heavy atom. The lowest BCUT2D eigenvalue weighted by atomic mass is 10.0. The summed E-state index contributed by atoms with van der Waals surface area (Å²) in [5, 5.41) is 0. The molecule has 0 N–H and O–H groups in total. The summed E-state index contributed by atoms with van der Waals surface area (Å²) in [6.45, 7) is 0. The number of terminal acetylenes is 1. The van der Waals surface area contributed by atoms with Gasteiger partial charge in [0.05, 0.1) is 17.8 Å². The summed E-state index contributed by atoms with van der Waals surface area (Å²) in [5.41, 5.74) is 0.441. The molecule has 88 valence electrons. The molecule has 5 nitrogen and oxygen atoms in total. The zero-order chi connectivity index (χ0) is 12.6. The van der Waals surface area contributed by atoms with E-state index in [2.05, 4.69) is 10.9 Å². The predicted molar refractivity (Wildman–Crippen MR) is 63.5 cm³/mol. The Morgan fingerprint density at radius 2 is 2.18 bits per heavy atom. The normalized spacial score (nSPS) is 19.5. The highest BCUT2D eigenvalue weighted by atomic mass is 16.2. The third kappa shape index (κ3) is 1.72. The van der Waals surface area contributed by atoms with E-state index in [1.54, 1.807) is 14.1 Å². The maximum Gasteiger partial charge on any atom is 0.258 e. The average Bonchev–Trinajstić information content (AvgIpc) is 2.44. The first-order valence-electron chi connectivity index (χ1n) is 5.34. The number of amides is 1. The number of carbonyl (C=O) groups is 1. The van der Waals surface area contributed by atoms with E-state index in [1.807, 2.05) is 0 Å². The van der Waals surface area contributed by atoms with Gasteiger partial charge >= 0.3 is 0 Å². The fourth-order valence-corrected chi connectivity index (χ4v) is 1.99. The molecule has 0 fully saturated rings. The molecule has 0 saturated heterocycles. The second-order valence-electron chi connectivity index (χ2n) is 4.12. The summed E-state index contributed by atoms with van der Waals surface area (Å²) < 4.78 is 1.41. The molecule has 0 radical (unpaired) electrons. The third-order valence-electron chi connectivity index (χ3n) is 3.03. The lowest BCUT2D eigenvalue weighted by molar-refractivity contribution is -0.120. The Kier molecular flexibility index (Phi) is 2.72. The van der Waals surface area contributed by atoms with Gasteiger partial charge in [0.15, 0.2) is 0 Å². The summed E-state index contributed by atoms with van der Waals surface area (Å²) >= 11 is 0. The minimum absolute atomic E-state index is 0.118. The van der Waals surface area contributed by atoms with Crippen LogP contribution in [-0.2, 0) is 18.3 Å². The zero-order valence-corrected chi connectivity index (χ0v) is 9.80. The summed E-state index contributed by atoms with van der Waals surface area (Å²) in [5.74, 6) is 2.24. The van der Waals surface area contributed by atoms with E-state index in [1.165, 1.54) is 15.8 Å². The lowest BCUT2D eigenvalue weighted by Gasteiger charge is -2.17. The Morgan fingerprint density at radius 3 is 2.82 bits per heavy atom. The molecule has 2 rings (SSSR count). The van der Waals surface area contributed by atoms with E-state index in [0.29, 0.717) is 24.2 Å². The first-order chi connectivity index (χ1) is 8.06. The average molecular weight is 231 g/mol. The number of nitrogens with zero attached hydrogens (tertiary/aromatic N) is 3. The molecule has 0 aliphatic carbocycles. The van der Waals surface area contributed by atoms with E-state index in [-0.39, 0.29) is 11.5 Å². The van der Waals surface area contributed by atoms with Crippen LogP contribution in [0.2, 0.25) is 0 Å². The van der Waals surface area contributed by atoms with Gasteiger partial charge in [0.25, 0.3) is 5.56 Å². The van der Waals surface area contributed by atoms with Gasteiger partial charge in [0.2, 0.25) is 5.91 Å². The molecular formula is C12H13N3O2. The number of rotatable bonds is 0. The Balaban J connectivity index is 2.59. The van der Waals surface area contributed by atoms with E-state index < -0.39 is 5.92 Å². The predicted octanol–water partition coefficient (Wildman–Crippen LogP) is -0.0613.